The van der Waals surface area contributed by atoms with E-state index in [1.807, 2.05) is 6.92 Å². The van der Waals surface area contributed by atoms with Crippen molar-refractivity contribution in [3.8, 4) is 0 Å². The predicted octanol–water partition coefficient (Wildman–Crippen LogP) is 1.56. The molecule has 5 nitrogen and oxygen atoms in total. The van der Waals surface area contributed by atoms with Crippen molar-refractivity contribution in [2.75, 3.05) is 18.1 Å². The molecule has 0 bridgehead atoms. The Kier molecular flexibility index (Phi) is 3.63. The summed E-state index contributed by atoms with van der Waals surface area (Å²) >= 11 is 5.85. The fraction of sp³-hybridized carbons (Fsp3) is 0.400. The molecule has 2 aromatic heterocycles. The summed E-state index contributed by atoms with van der Waals surface area (Å²) < 4.78 is 12.8. The van der Waals surface area contributed by atoms with Crippen LogP contribution in [0.15, 0.2) is 18.3 Å². The second-order valence-corrected chi connectivity index (χ2v) is 6.01. The molecule has 2 aromatic rings. The number of pyridine rings is 1. The Morgan fingerprint density at radius 3 is 3.06 bits per heavy atom. The van der Waals surface area contributed by atoms with Crippen molar-refractivity contribution in [1.82, 2.24) is 14.6 Å². The summed E-state index contributed by atoms with van der Waals surface area (Å²) in [5, 5.41) is 7.94. The lowest BCUT2D eigenvalue weighted by Gasteiger charge is -2.07. The van der Waals surface area contributed by atoms with E-state index in [9.17, 15) is 4.21 Å². The van der Waals surface area contributed by atoms with Gasteiger partial charge in [0.2, 0.25) is 5.95 Å². The number of fused-ring (bicyclic) bond motifs is 1. The number of anilines is 1. The molecule has 0 aliphatic heterocycles. The zero-order valence-corrected chi connectivity index (χ0v) is 11.1. The van der Waals surface area contributed by atoms with Crippen LogP contribution in [0.4, 0.5) is 5.95 Å². The van der Waals surface area contributed by atoms with Crippen LogP contribution >= 0.6 is 11.6 Å². The van der Waals surface area contributed by atoms with Gasteiger partial charge in [-0.2, -0.15) is 4.98 Å². The summed E-state index contributed by atoms with van der Waals surface area (Å²) in [6.07, 6.45) is 3.37. The van der Waals surface area contributed by atoms with E-state index >= 15 is 0 Å². The molecule has 2 atom stereocenters. The Balaban J connectivity index is 2.12. The van der Waals surface area contributed by atoms with Gasteiger partial charge in [0.05, 0.1) is 5.02 Å². The highest BCUT2D eigenvalue weighted by molar-refractivity contribution is 7.84. The third-order valence-electron chi connectivity index (χ3n) is 2.41. The molecule has 2 rings (SSSR count). The minimum atomic E-state index is -0.851. The van der Waals surface area contributed by atoms with Crippen molar-refractivity contribution in [3.63, 3.8) is 0 Å². The van der Waals surface area contributed by atoms with Crippen LogP contribution in [0, 0.1) is 0 Å². The van der Waals surface area contributed by atoms with Crippen molar-refractivity contribution in [3.05, 3.63) is 23.4 Å². The van der Waals surface area contributed by atoms with E-state index in [0.29, 0.717) is 17.5 Å². The number of nitrogens with one attached hydrogen (secondary N) is 1. The zero-order chi connectivity index (χ0) is 12.4. The van der Waals surface area contributed by atoms with Crippen molar-refractivity contribution < 1.29 is 4.21 Å². The largest absolute Gasteiger partial charge is 0.352 e. The first kappa shape index (κ1) is 12.3. The maximum atomic E-state index is 11.2. The Hall–Kier alpha value is -1.14. The standard InChI is InChI=1S/C10H13ClN4OS/c1-7(17(2)16)5-12-10-13-9-4-3-8(11)6-15(9)14-10/h3-4,6-7H,5H2,1-2H3,(H,12,14). The van der Waals surface area contributed by atoms with Crippen LogP contribution in [-0.4, -0.2) is 36.9 Å². The lowest BCUT2D eigenvalue weighted by Crippen LogP contribution is -2.21. The number of hydrogen-bond acceptors (Lipinski definition) is 4. The average Bonchev–Trinajstić information content (AvgIpc) is 2.67. The Morgan fingerprint density at radius 2 is 2.35 bits per heavy atom. The van der Waals surface area contributed by atoms with E-state index in [0.717, 1.165) is 5.65 Å². The molecule has 0 aromatic carbocycles. The zero-order valence-electron chi connectivity index (χ0n) is 9.55. The van der Waals surface area contributed by atoms with Crippen molar-refractivity contribution in [2.45, 2.75) is 12.2 Å². The number of aromatic nitrogens is 3. The lowest BCUT2D eigenvalue weighted by molar-refractivity contribution is 0.678. The Morgan fingerprint density at radius 1 is 1.59 bits per heavy atom. The molecule has 0 radical (unpaired) electrons. The highest BCUT2D eigenvalue weighted by Crippen LogP contribution is 2.11. The van der Waals surface area contributed by atoms with E-state index in [2.05, 4.69) is 15.4 Å². The minimum absolute atomic E-state index is 0.0604. The second-order valence-electron chi connectivity index (χ2n) is 3.78. The van der Waals surface area contributed by atoms with Gasteiger partial charge < -0.3 is 5.32 Å². The topological polar surface area (TPSA) is 59.3 Å². The molecule has 0 fully saturated rings. The van der Waals surface area contributed by atoms with Crippen LogP contribution in [0.3, 0.4) is 0 Å². The van der Waals surface area contributed by atoms with E-state index in [1.165, 1.54) is 0 Å². The van der Waals surface area contributed by atoms with Gasteiger partial charge in [0.1, 0.15) is 0 Å². The normalized spacial score (nSPS) is 14.8. The van der Waals surface area contributed by atoms with Crippen LogP contribution in [-0.2, 0) is 10.8 Å². The quantitative estimate of drug-likeness (QED) is 0.918. The monoisotopic (exact) mass is 272 g/mol. The molecular weight excluding hydrogens is 260 g/mol. The summed E-state index contributed by atoms with van der Waals surface area (Å²) in [6.45, 7) is 2.49. The van der Waals surface area contributed by atoms with E-state index in [1.54, 1.807) is 29.1 Å². The van der Waals surface area contributed by atoms with E-state index in [4.69, 9.17) is 11.6 Å². The molecule has 0 saturated carbocycles. The van der Waals surface area contributed by atoms with Crippen LogP contribution in [0.2, 0.25) is 5.02 Å². The molecule has 17 heavy (non-hydrogen) atoms. The van der Waals surface area contributed by atoms with Gasteiger partial charge in [-0.25, -0.2) is 4.52 Å². The number of halogens is 1. The number of rotatable bonds is 4. The molecule has 0 aliphatic rings. The van der Waals surface area contributed by atoms with Gasteiger partial charge in [-0.15, -0.1) is 5.10 Å². The van der Waals surface area contributed by atoms with E-state index < -0.39 is 10.8 Å². The van der Waals surface area contributed by atoms with Gasteiger partial charge in [-0.1, -0.05) is 11.6 Å². The predicted molar refractivity (Wildman–Crippen MR) is 70.0 cm³/mol. The molecule has 2 unspecified atom stereocenters. The molecule has 2 heterocycles. The summed E-state index contributed by atoms with van der Waals surface area (Å²) in [4.78, 5) is 4.27. The highest BCUT2D eigenvalue weighted by atomic mass is 35.5. The van der Waals surface area contributed by atoms with E-state index in [-0.39, 0.29) is 5.25 Å². The van der Waals surface area contributed by atoms with Gasteiger partial charge in [0, 0.05) is 35.0 Å². The molecule has 92 valence electrons. The van der Waals surface area contributed by atoms with Gasteiger partial charge in [-0.05, 0) is 19.1 Å². The second kappa shape index (κ2) is 5.01. The van der Waals surface area contributed by atoms with Gasteiger partial charge in [0.15, 0.2) is 5.65 Å². The van der Waals surface area contributed by atoms with Crippen LogP contribution in [0.5, 0.6) is 0 Å². The molecule has 0 saturated heterocycles. The fourth-order valence-electron chi connectivity index (χ4n) is 1.29. The first-order valence-electron chi connectivity index (χ1n) is 5.14. The lowest BCUT2D eigenvalue weighted by atomic mass is 10.5. The van der Waals surface area contributed by atoms with Crippen molar-refractivity contribution in [2.24, 2.45) is 0 Å². The summed E-state index contributed by atoms with van der Waals surface area (Å²) in [5.74, 6) is 0.518. The smallest absolute Gasteiger partial charge is 0.243 e. The molecule has 0 amide bonds. The summed E-state index contributed by atoms with van der Waals surface area (Å²) in [7, 11) is -0.851. The van der Waals surface area contributed by atoms with Crippen LogP contribution < -0.4 is 5.32 Å². The van der Waals surface area contributed by atoms with Gasteiger partial charge in [-0.3, -0.25) is 4.21 Å². The SMILES string of the molecule is CC(CNc1nc2ccc(Cl)cn2n1)S(C)=O. The van der Waals surface area contributed by atoms with Crippen LogP contribution in [0.1, 0.15) is 6.92 Å². The first-order chi connectivity index (χ1) is 8.06. The summed E-state index contributed by atoms with van der Waals surface area (Å²) in [5.41, 5.74) is 0.724. The number of hydrogen-bond donors (Lipinski definition) is 1. The maximum Gasteiger partial charge on any atom is 0.243 e. The maximum absolute atomic E-state index is 11.2. The van der Waals surface area contributed by atoms with Gasteiger partial charge in [0.25, 0.3) is 0 Å². The van der Waals surface area contributed by atoms with Crippen LogP contribution in [0.25, 0.3) is 5.65 Å². The fourth-order valence-corrected chi connectivity index (χ4v) is 1.76. The summed E-state index contributed by atoms with van der Waals surface area (Å²) in [6, 6.07) is 3.56. The van der Waals surface area contributed by atoms with Crippen molar-refractivity contribution in [1.29, 1.82) is 0 Å². The molecule has 0 spiro atoms. The molecule has 1 N–H and O–H groups in total. The molecular formula is C10H13ClN4OS. The third kappa shape index (κ3) is 2.95. The average molecular weight is 273 g/mol. The molecule has 7 heteroatoms. The molecule has 0 aliphatic carbocycles. The highest BCUT2D eigenvalue weighted by Gasteiger charge is 2.08. The first-order valence-corrected chi connectivity index (χ1v) is 7.14. The minimum Gasteiger partial charge on any atom is -0.352 e. The Labute approximate surface area is 107 Å². The van der Waals surface area contributed by atoms with Gasteiger partial charge >= 0.3 is 0 Å². The number of nitrogens with zero attached hydrogens (tertiary/aromatic N) is 3. The third-order valence-corrected chi connectivity index (χ3v) is 3.93. The Bertz CT molecular complexity index is 556. The van der Waals surface area contributed by atoms with Crippen molar-refractivity contribution >= 4 is 34.0 Å².